The Morgan fingerprint density at radius 1 is 0.667 bits per heavy atom. The van der Waals surface area contributed by atoms with Crippen molar-refractivity contribution in [2.45, 2.75) is 180 Å². The minimum atomic E-state index is -4.42. The van der Waals surface area contributed by atoms with Crippen LogP contribution in [0.15, 0.2) is 24.3 Å². The third-order valence-electron chi connectivity index (χ3n) is 7.78. The molecule has 42 heavy (non-hydrogen) atoms. The summed E-state index contributed by atoms with van der Waals surface area (Å²) in [6, 6.07) is -1.17. The molecule has 0 aromatic heterocycles. The van der Waals surface area contributed by atoms with Crippen LogP contribution in [0.5, 0.6) is 0 Å². The average molecular weight is 616 g/mol. The molecule has 8 heteroatoms. The van der Waals surface area contributed by atoms with E-state index in [0.29, 0.717) is 19.3 Å². The van der Waals surface area contributed by atoms with Crippen LogP contribution in [0.3, 0.4) is 0 Å². The Bertz CT molecular complexity index is 783. The molecule has 0 aromatic carbocycles. The molecule has 0 spiro atoms. The van der Waals surface area contributed by atoms with E-state index in [1.54, 1.807) is 6.08 Å². The van der Waals surface area contributed by atoms with Gasteiger partial charge >= 0.3 is 0 Å². The summed E-state index contributed by atoms with van der Waals surface area (Å²) >= 11 is 0. The Hall–Kier alpha value is -1.22. The molecule has 4 N–H and O–H groups in total. The van der Waals surface area contributed by atoms with Crippen molar-refractivity contribution in [2.24, 2.45) is 0 Å². The third-order valence-corrected chi connectivity index (χ3v) is 8.56. The van der Waals surface area contributed by atoms with E-state index in [1.807, 2.05) is 6.08 Å². The van der Waals surface area contributed by atoms with Gasteiger partial charge in [0.2, 0.25) is 5.91 Å². The van der Waals surface area contributed by atoms with Crippen LogP contribution in [0.1, 0.15) is 162 Å². The zero-order chi connectivity index (χ0) is 31.3. The molecule has 0 aromatic rings. The van der Waals surface area contributed by atoms with E-state index in [2.05, 4.69) is 31.3 Å². The maximum absolute atomic E-state index is 12.5. The van der Waals surface area contributed by atoms with Gasteiger partial charge in [0.05, 0.1) is 17.9 Å². The lowest BCUT2D eigenvalue weighted by atomic mass is 10.0. The first kappa shape index (κ1) is 40.8. The van der Waals surface area contributed by atoms with E-state index in [9.17, 15) is 28.0 Å². The standard InChI is InChI=1S/C34H65NO6S/c1-3-5-7-9-11-13-15-17-19-20-22-24-26-28-32(36)31(30-42(39,40)41)35-34(38)33(37)29-27-25-23-21-18-16-14-12-10-8-6-4-2/h18,21,25,27,31-33,36-37H,3-17,19-20,22-24,26,28-30H2,1-2H3,(H,35,38)(H,39,40,41)/b21-18-,27-25-. The molecule has 248 valence electrons. The second kappa shape index (κ2) is 28.5. The second-order valence-corrected chi connectivity index (χ2v) is 13.4. The third kappa shape index (κ3) is 27.6. The lowest BCUT2D eigenvalue weighted by Gasteiger charge is -2.24. The highest BCUT2D eigenvalue weighted by molar-refractivity contribution is 7.85. The topological polar surface area (TPSA) is 124 Å². The Balaban J connectivity index is 4.21. The van der Waals surface area contributed by atoms with E-state index in [4.69, 9.17) is 0 Å². The van der Waals surface area contributed by atoms with Gasteiger partial charge in [-0.1, -0.05) is 154 Å². The van der Waals surface area contributed by atoms with E-state index in [1.165, 1.54) is 96.3 Å². The first-order valence-corrected chi connectivity index (χ1v) is 18.7. The van der Waals surface area contributed by atoms with Gasteiger partial charge in [-0.05, 0) is 25.7 Å². The van der Waals surface area contributed by atoms with Crippen LogP contribution in [0.2, 0.25) is 0 Å². The van der Waals surface area contributed by atoms with Crippen LogP contribution < -0.4 is 5.32 Å². The van der Waals surface area contributed by atoms with Crippen LogP contribution >= 0.6 is 0 Å². The van der Waals surface area contributed by atoms with E-state index >= 15 is 0 Å². The summed E-state index contributed by atoms with van der Waals surface area (Å²) < 4.78 is 32.3. The zero-order valence-corrected chi connectivity index (χ0v) is 27.8. The van der Waals surface area contributed by atoms with Gasteiger partial charge in [-0.15, -0.1) is 0 Å². The SMILES string of the molecule is CCCCCCCC/C=C\C/C=C\CC(O)C(=O)NC(CS(=O)(=O)O)C(O)CCCCCCCCCCCCCCC. The predicted octanol–water partition coefficient (Wildman–Crippen LogP) is 8.21. The molecule has 0 fully saturated rings. The van der Waals surface area contributed by atoms with Crippen molar-refractivity contribution in [2.75, 3.05) is 5.75 Å². The van der Waals surface area contributed by atoms with Gasteiger partial charge in [-0.25, -0.2) is 0 Å². The molecule has 1 amide bonds. The summed E-state index contributed by atoms with van der Waals surface area (Å²) in [6.07, 6.45) is 30.7. The van der Waals surface area contributed by atoms with Crippen molar-refractivity contribution in [3.8, 4) is 0 Å². The van der Waals surface area contributed by atoms with Crippen molar-refractivity contribution in [3.05, 3.63) is 24.3 Å². The number of aliphatic hydroxyl groups excluding tert-OH is 2. The highest BCUT2D eigenvalue weighted by Gasteiger charge is 2.28. The molecular formula is C34H65NO6S. The fraction of sp³-hybridized carbons (Fsp3) is 0.853. The van der Waals surface area contributed by atoms with Gasteiger partial charge in [0.15, 0.2) is 0 Å². The minimum absolute atomic E-state index is 0.0879. The summed E-state index contributed by atoms with van der Waals surface area (Å²) in [5.74, 6) is -1.54. The number of rotatable bonds is 30. The van der Waals surface area contributed by atoms with Crippen LogP contribution in [-0.2, 0) is 14.9 Å². The first-order valence-electron chi connectivity index (χ1n) is 17.1. The number of amides is 1. The summed E-state index contributed by atoms with van der Waals surface area (Å²) in [5.41, 5.74) is 0. The fourth-order valence-corrected chi connectivity index (χ4v) is 5.85. The predicted molar refractivity (Wildman–Crippen MR) is 176 cm³/mol. The van der Waals surface area contributed by atoms with Crippen molar-refractivity contribution in [1.82, 2.24) is 5.32 Å². The normalized spacial score (nSPS) is 14.5. The second-order valence-electron chi connectivity index (χ2n) is 11.9. The molecule has 0 aliphatic carbocycles. The lowest BCUT2D eigenvalue weighted by Crippen LogP contribution is -2.50. The number of hydrogen-bond acceptors (Lipinski definition) is 5. The summed E-state index contributed by atoms with van der Waals surface area (Å²) in [5, 5.41) is 23.2. The Labute approximate surface area is 258 Å². The molecule has 3 unspecified atom stereocenters. The zero-order valence-electron chi connectivity index (χ0n) is 27.0. The molecule has 0 aliphatic heterocycles. The highest BCUT2D eigenvalue weighted by atomic mass is 32.2. The number of carbonyl (C=O) groups is 1. The summed E-state index contributed by atoms with van der Waals surface area (Å²) in [6.45, 7) is 4.45. The van der Waals surface area contributed by atoms with Crippen molar-refractivity contribution < 1.29 is 28.0 Å². The summed E-state index contributed by atoms with van der Waals surface area (Å²) in [4.78, 5) is 12.5. The van der Waals surface area contributed by atoms with E-state index in [-0.39, 0.29) is 6.42 Å². The van der Waals surface area contributed by atoms with E-state index in [0.717, 1.165) is 25.7 Å². The Kier molecular flexibility index (Phi) is 27.7. The minimum Gasteiger partial charge on any atom is -0.391 e. The Morgan fingerprint density at radius 2 is 1.12 bits per heavy atom. The molecule has 0 radical (unpaired) electrons. The molecule has 0 aliphatic rings. The van der Waals surface area contributed by atoms with Gasteiger partial charge in [0, 0.05) is 6.42 Å². The first-order chi connectivity index (χ1) is 20.2. The monoisotopic (exact) mass is 615 g/mol. The van der Waals surface area contributed by atoms with Gasteiger partial charge in [-0.3, -0.25) is 9.35 Å². The number of allylic oxidation sites excluding steroid dienone is 3. The number of hydrogen-bond donors (Lipinski definition) is 4. The maximum Gasteiger partial charge on any atom is 0.266 e. The van der Waals surface area contributed by atoms with Gasteiger partial charge < -0.3 is 15.5 Å². The molecule has 0 heterocycles. The largest absolute Gasteiger partial charge is 0.391 e. The van der Waals surface area contributed by atoms with Crippen molar-refractivity contribution in [3.63, 3.8) is 0 Å². The molecule has 0 saturated carbocycles. The summed E-state index contributed by atoms with van der Waals surface area (Å²) in [7, 11) is -4.42. The number of unbranched alkanes of at least 4 members (excludes halogenated alkanes) is 18. The fourth-order valence-electron chi connectivity index (χ4n) is 5.09. The number of nitrogens with one attached hydrogen (secondary N) is 1. The van der Waals surface area contributed by atoms with Crippen LogP contribution in [0.4, 0.5) is 0 Å². The van der Waals surface area contributed by atoms with Crippen LogP contribution in [-0.4, -0.2) is 53.1 Å². The molecule has 0 rings (SSSR count). The quantitative estimate of drug-likeness (QED) is 0.0367. The van der Waals surface area contributed by atoms with Crippen LogP contribution in [0, 0.1) is 0 Å². The smallest absolute Gasteiger partial charge is 0.266 e. The highest BCUT2D eigenvalue weighted by Crippen LogP contribution is 2.15. The molecular weight excluding hydrogens is 550 g/mol. The molecule has 7 nitrogen and oxygen atoms in total. The average Bonchev–Trinajstić information content (AvgIpc) is 2.94. The van der Waals surface area contributed by atoms with Gasteiger partial charge in [-0.2, -0.15) is 8.42 Å². The lowest BCUT2D eigenvalue weighted by molar-refractivity contribution is -0.130. The Morgan fingerprint density at radius 3 is 1.62 bits per heavy atom. The van der Waals surface area contributed by atoms with Crippen LogP contribution in [0.25, 0.3) is 0 Å². The van der Waals surface area contributed by atoms with Crippen molar-refractivity contribution in [1.29, 1.82) is 0 Å². The molecule has 3 atom stereocenters. The number of aliphatic hydroxyl groups is 2. The van der Waals surface area contributed by atoms with Gasteiger partial charge in [0.25, 0.3) is 10.1 Å². The maximum atomic E-state index is 12.5. The molecule has 0 bridgehead atoms. The van der Waals surface area contributed by atoms with Crippen molar-refractivity contribution >= 4 is 16.0 Å². The van der Waals surface area contributed by atoms with Gasteiger partial charge in [0.1, 0.15) is 6.10 Å². The number of carbonyl (C=O) groups excluding carboxylic acids is 1. The molecule has 0 saturated heterocycles. The van der Waals surface area contributed by atoms with E-state index < -0.39 is 40.0 Å².